The molecule has 0 radical (unpaired) electrons. The van der Waals surface area contributed by atoms with E-state index >= 15 is 0 Å². The Morgan fingerprint density at radius 3 is 2.30 bits per heavy atom. The largest absolute Gasteiger partial charge is 0.496 e. The molecule has 2 rings (SSSR count). The van der Waals surface area contributed by atoms with Gasteiger partial charge in [-0.2, -0.15) is 0 Å². The van der Waals surface area contributed by atoms with Crippen molar-refractivity contribution in [3.8, 4) is 5.75 Å². The summed E-state index contributed by atoms with van der Waals surface area (Å²) >= 11 is 3.34. The molecule has 2 nitrogen and oxygen atoms in total. The Labute approximate surface area is 122 Å². The van der Waals surface area contributed by atoms with Crippen molar-refractivity contribution >= 4 is 21.6 Å². The van der Waals surface area contributed by atoms with E-state index in [4.69, 9.17) is 4.74 Å². The molecular formula is C14H11BrF3NO. The molecule has 0 aliphatic heterocycles. The number of halogens is 4. The molecule has 0 saturated heterocycles. The molecule has 6 heteroatoms. The van der Waals surface area contributed by atoms with Crippen LogP contribution in [0.2, 0.25) is 0 Å². The fraction of sp³-hybridized carbons (Fsp3) is 0.143. The SMILES string of the molecule is COc1ccc(CNc2cc(F)c(F)c(F)c2)cc1Br. The average molecular weight is 346 g/mol. The maximum absolute atomic E-state index is 13.0. The lowest BCUT2D eigenvalue weighted by atomic mass is 10.2. The molecule has 2 aromatic carbocycles. The Bertz CT molecular complexity index is 611. The first-order valence-electron chi connectivity index (χ1n) is 5.72. The standard InChI is InChI=1S/C14H11BrF3NO/c1-20-13-3-2-8(4-10(13)15)7-19-9-5-11(16)14(18)12(17)6-9/h2-6,19H,7H2,1H3. The van der Waals surface area contributed by atoms with Gasteiger partial charge in [0, 0.05) is 24.4 Å². The molecule has 0 saturated carbocycles. The van der Waals surface area contributed by atoms with Crippen LogP contribution in [0.4, 0.5) is 18.9 Å². The van der Waals surface area contributed by atoms with E-state index in [0.29, 0.717) is 12.3 Å². The van der Waals surface area contributed by atoms with Crippen LogP contribution in [0, 0.1) is 17.5 Å². The van der Waals surface area contributed by atoms with E-state index in [-0.39, 0.29) is 5.69 Å². The Morgan fingerprint density at radius 2 is 1.75 bits per heavy atom. The number of methoxy groups -OCH3 is 1. The normalized spacial score (nSPS) is 10.4. The van der Waals surface area contributed by atoms with E-state index < -0.39 is 17.5 Å². The van der Waals surface area contributed by atoms with Crippen molar-refractivity contribution in [2.75, 3.05) is 12.4 Å². The first kappa shape index (κ1) is 14.7. The van der Waals surface area contributed by atoms with Crippen molar-refractivity contribution in [3.05, 3.63) is 57.8 Å². The van der Waals surface area contributed by atoms with Crippen molar-refractivity contribution in [2.24, 2.45) is 0 Å². The number of hydrogen-bond donors (Lipinski definition) is 1. The van der Waals surface area contributed by atoms with E-state index in [1.165, 1.54) is 0 Å². The van der Waals surface area contributed by atoms with E-state index in [2.05, 4.69) is 21.2 Å². The summed E-state index contributed by atoms with van der Waals surface area (Å²) in [5.41, 5.74) is 1.05. The lowest BCUT2D eigenvalue weighted by molar-refractivity contribution is 0.412. The highest BCUT2D eigenvalue weighted by molar-refractivity contribution is 9.10. The molecule has 0 aliphatic rings. The summed E-state index contributed by atoms with van der Waals surface area (Å²) in [5.74, 6) is -3.22. The van der Waals surface area contributed by atoms with Gasteiger partial charge in [0.2, 0.25) is 0 Å². The third-order valence-electron chi connectivity index (χ3n) is 2.70. The maximum Gasteiger partial charge on any atom is 0.194 e. The van der Waals surface area contributed by atoms with Gasteiger partial charge in [-0.1, -0.05) is 6.07 Å². The topological polar surface area (TPSA) is 21.3 Å². The second-order valence-electron chi connectivity index (χ2n) is 4.08. The first-order valence-corrected chi connectivity index (χ1v) is 6.51. The van der Waals surface area contributed by atoms with Crippen LogP contribution in [0.1, 0.15) is 5.56 Å². The lowest BCUT2D eigenvalue weighted by Gasteiger charge is -2.09. The summed E-state index contributed by atoms with van der Waals surface area (Å²) in [6.07, 6.45) is 0. The zero-order valence-corrected chi connectivity index (χ0v) is 12.1. The molecule has 0 unspecified atom stereocenters. The lowest BCUT2D eigenvalue weighted by Crippen LogP contribution is -2.02. The fourth-order valence-electron chi connectivity index (χ4n) is 1.68. The molecule has 0 aliphatic carbocycles. The predicted octanol–water partition coefficient (Wildman–Crippen LogP) is 4.49. The van der Waals surface area contributed by atoms with Crippen molar-refractivity contribution in [1.82, 2.24) is 0 Å². The predicted molar refractivity (Wildman–Crippen MR) is 74.3 cm³/mol. The van der Waals surface area contributed by atoms with Crippen LogP contribution in [0.3, 0.4) is 0 Å². The number of nitrogens with one attached hydrogen (secondary N) is 1. The highest BCUT2D eigenvalue weighted by Crippen LogP contribution is 2.26. The Kier molecular flexibility index (Phi) is 4.54. The smallest absolute Gasteiger partial charge is 0.194 e. The van der Waals surface area contributed by atoms with Crippen LogP contribution in [-0.4, -0.2) is 7.11 Å². The summed E-state index contributed by atoms with van der Waals surface area (Å²) in [6, 6.07) is 7.23. The molecule has 0 heterocycles. The zero-order chi connectivity index (χ0) is 14.7. The summed E-state index contributed by atoms with van der Waals surface area (Å²) in [4.78, 5) is 0. The van der Waals surface area contributed by atoms with Crippen molar-refractivity contribution in [2.45, 2.75) is 6.54 Å². The maximum atomic E-state index is 13.0. The first-order chi connectivity index (χ1) is 9.51. The fourth-order valence-corrected chi connectivity index (χ4v) is 2.27. The highest BCUT2D eigenvalue weighted by Gasteiger charge is 2.10. The zero-order valence-electron chi connectivity index (χ0n) is 10.5. The summed E-state index contributed by atoms with van der Waals surface area (Å²) in [6.45, 7) is 0.340. The van der Waals surface area contributed by atoms with Gasteiger partial charge in [-0.15, -0.1) is 0 Å². The molecule has 20 heavy (non-hydrogen) atoms. The van der Waals surface area contributed by atoms with Gasteiger partial charge in [-0.05, 0) is 33.6 Å². The molecule has 0 amide bonds. The summed E-state index contributed by atoms with van der Waals surface area (Å²) in [5, 5.41) is 2.83. The molecule has 2 aromatic rings. The van der Waals surface area contributed by atoms with Gasteiger partial charge in [0.1, 0.15) is 5.75 Å². The Hall–Kier alpha value is -1.69. The molecular weight excluding hydrogens is 335 g/mol. The number of anilines is 1. The van der Waals surface area contributed by atoms with Gasteiger partial charge in [0.05, 0.1) is 11.6 Å². The van der Waals surface area contributed by atoms with Crippen LogP contribution < -0.4 is 10.1 Å². The van der Waals surface area contributed by atoms with Crippen molar-refractivity contribution in [3.63, 3.8) is 0 Å². The van der Waals surface area contributed by atoms with E-state index in [1.54, 1.807) is 13.2 Å². The Morgan fingerprint density at radius 1 is 1.10 bits per heavy atom. The Balaban J connectivity index is 2.11. The second-order valence-corrected chi connectivity index (χ2v) is 4.93. The van der Waals surface area contributed by atoms with Gasteiger partial charge in [-0.25, -0.2) is 13.2 Å². The van der Waals surface area contributed by atoms with E-state index in [0.717, 1.165) is 22.2 Å². The molecule has 0 spiro atoms. The van der Waals surface area contributed by atoms with Crippen LogP contribution in [-0.2, 0) is 6.54 Å². The van der Waals surface area contributed by atoms with Crippen molar-refractivity contribution in [1.29, 1.82) is 0 Å². The number of rotatable bonds is 4. The van der Waals surface area contributed by atoms with Crippen LogP contribution >= 0.6 is 15.9 Å². The van der Waals surface area contributed by atoms with Crippen molar-refractivity contribution < 1.29 is 17.9 Å². The molecule has 0 atom stereocenters. The van der Waals surface area contributed by atoms with E-state index in [9.17, 15) is 13.2 Å². The minimum Gasteiger partial charge on any atom is -0.496 e. The molecule has 1 N–H and O–H groups in total. The third-order valence-corrected chi connectivity index (χ3v) is 3.32. The number of ether oxygens (including phenoxy) is 1. The molecule has 0 bridgehead atoms. The molecule has 106 valence electrons. The second kappa shape index (κ2) is 6.17. The third kappa shape index (κ3) is 3.25. The van der Waals surface area contributed by atoms with Gasteiger partial charge >= 0.3 is 0 Å². The van der Waals surface area contributed by atoms with Gasteiger partial charge < -0.3 is 10.1 Å². The van der Waals surface area contributed by atoms with Gasteiger partial charge in [0.15, 0.2) is 17.5 Å². The van der Waals surface area contributed by atoms with Gasteiger partial charge in [-0.3, -0.25) is 0 Å². The van der Waals surface area contributed by atoms with Crippen LogP contribution in [0.25, 0.3) is 0 Å². The van der Waals surface area contributed by atoms with Crippen LogP contribution in [0.15, 0.2) is 34.8 Å². The minimum absolute atomic E-state index is 0.174. The van der Waals surface area contributed by atoms with Gasteiger partial charge in [0.25, 0.3) is 0 Å². The number of benzene rings is 2. The average Bonchev–Trinajstić information content (AvgIpc) is 2.42. The molecule has 0 aromatic heterocycles. The number of hydrogen-bond acceptors (Lipinski definition) is 2. The quantitative estimate of drug-likeness (QED) is 0.824. The van der Waals surface area contributed by atoms with E-state index in [1.807, 2.05) is 12.1 Å². The minimum atomic E-state index is -1.47. The monoisotopic (exact) mass is 345 g/mol. The summed E-state index contributed by atoms with van der Waals surface area (Å²) in [7, 11) is 1.56. The summed E-state index contributed by atoms with van der Waals surface area (Å²) < 4.78 is 44.8. The highest BCUT2D eigenvalue weighted by atomic mass is 79.9. The van der Waals surface area contributed by atoms with Crippen LogP contribution in [0.5, 0.6) is 5.75 Å². The molecule has 0 fully saturated rings.